The van der Waals surface area contributed by atoms with Crippen LogP contribution in [0.2, 0.25) is 0 Å². The smallest absolute Gasteiger partial charge is 0.136 e. The number of nitrogens with one attached hydrogen (secondary N) is 1. The largest absolute Gasteiger partial charge is 0.497 e. The summed E-state index contributed by atoms with van der Waals surface area (Å²) in [6.07, 6.45) is 0. The van der Waals surface area contributed by atoms with Gasteiger partial charge in [-0.1, -0.05) is 0 Å². The van der Waals surface area contributed by atoms with E-state index in [0.717, 1.165) is 36.2 Å². The maximum atomic E-state index is 5.42. The van der Waals surface area contributed by atoms with E-state index in [2.05, 4.69) is 5.32 Å². The summed E-state index contributed by atoms with van der Waals surface area (Å²) in [5.41, 5.74) is 0. The number of ether oxygens (including phenoxy) is 3. The zero-order chi connectivity index (χ0) is 12.1. The van der Waals surface area contributed by atoms with Crippen LogP contribution in [0.25, 0.3) is 0 Å². The minimum Gasteiger partial charge on any atom is -0.497 e. The average molecular weight is 255 g/mol. The number of hydrogen-bond donors (Lipinski definition) is 1. The Balaban J connectivity index is 2.08. The Hall–Kier alpha value is -0.910. The van der Waals surface area contributed by atoms with Crippen molar-refractivity contribution in [2.45, 2.75) is 10.3 Å². The Morgan fingerprint density at radius 1 is 1.35 bits per heavy atom. The molecule has 0 spiro atoms. The van der Waals surface area contributed by atoms with E-state index in [1.54, 1.807) is 26.0 Å². The molecule has 0 bridgehead atoms. The summed E-state index contributed by atoms with van der Waals surface area (Å²) in [7, 11) is 3.32. The topological polar surface area (TPSA) is 39.7 Å². The molecule has 1 aromatic rings. The van der Waals surface area contributed by atoms with Crippen LogP contribution in [0.15, 0.2) is 23.1 Å². The molecule has 0 radical (unpaired) electrons. The highest BCUT2D eigenvalue weighted by Gasteiger charge is 2.16. The van der Waals surface area contributed by atoms with Crippen molar-refractivity contribution in [2.24, 2.45) is 0 Å². The molecule has 1 fully saturated rings. The fraction of sp³-hybridized carbons (Fsp3) is 0.500. The second-order valence-corrected chi connectivity index (χ2v) is 4.90. The first kappa shape index (κ1) is 12.5. The van der Waals surface area contributed by atoms with E-state index in [-0.39, 0.29) is 5.37 Å². The van der Waals surface area contributed by atoms with E-state index in [0.29, 0.717) is 0 Å². The van der Waals surface area contributed by atoms with Crippen molar-refractivity contribution in [1.29, 1.82) is 0 Å². The molecule has 1 saturated heterocycles. The number of hydrogen-bond acceptors (Lipinski definition) is 5. The normalized spacial score (nSPS) is 20.0. The third kappa shape index (κ3) is 3.28. The van der Waals surface area contributed by atoms with Crippen molar-refractivity contribution in [3.8, 4) is 11.5 Å². The highest BCUT2D eigenvalue weighted by molar-refractivity contribution is 8.00. The van der Waals surface area contributed by atoms with Gasteiger partial charge in [-0.3, -0.25) is 0 Å². The molecule has 0 amide bonds. The highest BCUT2D eigenvalue weighted by atomic mass is 32.2. The van der Waals surface area contributed by atoms with Gasteiger partial charge in [0, 0.05) is 12.6 Å². The van der Waals surface area contributed by atoms with Crippen LogP contribution in [0.3, 0.4) is 0 Å². The first-order valence-corrected chi connectivity index (χ1v) is 6.41. The summed E-state index contributed by atoms with van der Waals surface area (Å²) in [6.45, 7) is 2.41. The van der Waals surface area contributed by atoms with Crippen LogP contribution in [0, 0.1) is 0 Å². The van der Waals surface area contributed by atoms with Crippen LogP contribution >= 0.6 is 11.8 Å². The SMILES string of the molecule is COc1ccc(SC2COCCN2)c(OC)c1. The molecular weight excluding hydrogens is 238 g/mol. The van der Waals surface area contributed by atoms with E-state index in [9.17, 15) is 0 Å². The molecule has 17 heavy (non-hydrogen) atoms. The van der Waals surface area contributed by atoms with Gasteiger partial charge in [-0.25, -0.2) is 0 Å². The molecule has 1 aromatic carbocycles. The quantitative estimate of drug-likeness (QED) is 0.887. The number of rotatable bonds is 4. The van der Waals surface area contributed by atoms with E-state index in [1.807, 2.05) is 18.2 Å². The summed E-state index contributed by atoms with van der Waals surface area (Å²) in [5.74, 6) is 1.64. The van der Waals surface area contributed by atoms with Gasteiger partial charge in [0.15, 0.2) is 0 Å². The van der Waals surface area contributed by atoms with Gasteiger partial charge in [-0.15, -0.1) is 11.8 Å². The fourth-order valence-electron chi connectivity index (χ4n) is 1.64. The van der Waals surface area contributed by atoms with Crippen molar-refractivity contribution >= 4 is 11.8 Å². The molecule has 94 valence electrons. The van der Waals surface area contributed by atoms with Crippen molar-refractivity contribution < 1.29 is 14.2 Å². The lowest BCUT2D eigenvalue weighted by atomic mass is 10.3. The van der Waals surface area contributed by atoms with Gasteiger partial charge < -0.3 is 19.5 Å². The second kappa shape index (κ2) is 6.14. The predicted octanol–water partition coefficient (Wildman–Crippen LogP) is 1.74. The maximum Gasteiger partial charge on any atom is 0.136 e. The van der Waals surface area contributed by atoms with Crippen molar-refractivity contribution in [3.05, 3.63) is 18.2 Å². The lowest BCUT2D eigenvalue weighted by Crippen LogP contribution is -2.38. The maximum absolute atomic E-state index is 5.42. The summed E-state index contributed by atoms with van der Waals surface area (Å²) in [4.78, 5) is 1.09. The molecule has 4 nitrogen and oxygen atoms in total. The van der Waals surface area contributed by atoms with Gasteiger partial charge >= 0.3 is 0 Å². The van der Waals surface area contributed by atoms with Crippen LogP contribution < -0.4 is 14.8 Å². The molecule has 1 aliphatic rings. The van der Waals surface area contributed by atoms with E-state index in [4.69, 9.17) is 14.2 Å². The molecule has 1 unspecified atom stereocenters. The average Bonchev–Trinajstić information content (AvgIpc) is 2.40. The monoisotopic (exact) mass is 255 g/mol. The first-order chi connectivity index (χ1) is 8.33. The van der Waals surface area contributed by atoms with Gasteiger partial charge in [0.1, 0.15) is 11.5 Å². The van der Waals surface area contributed by atoms with Crippen LogP contribution in [-0.2, 0) is 4.74 Å². The minimum atomic E-state index is 0.283. The van der Waals surface area contributed by atoms with E-state index >= 15 is 0 Å². The third-order valence-electron chi connectivity index (χ3n) is 2.53. The van der Waals surface area contributed by atoms with Crippen molar-refractivity contribution in [2.75, 3.05) is 34.0 Å². The summed E-state index contributed by atoms with van der Waals surface area (Å²) in [6, 6.07) is 5.85. The Morgan fingerprint density at radius 3 is 2.88 bits per heavy atom. The first-order valence-electron chi connectivity index (χ1n) is 5.53. The summed E-state index contributed by atoms with van der Waals surface area (Å²) < 4.78 is 16.0. The Bertz CT molecular complexity index is 367. The molecule has 0 aliphatic carbocycles. The highest BCUT2D eigenvalue weighted by Crippen LogP contribution is 2.34. The number of methoxy groups -OCH3 is 2. The van der Waals surface area contributed by atoms with Gasteiger partial charge in [0.2, 0.25) is 0 Å². The molecule has 0 saturated carbocycles. The standard InChI is InChI=1S/C12H17NO3S/c1-14-9-3-4-11(10(7-9)15-2)17-12-8-16-6-5-13-12/h3-4,7,12-13H,5-6,8H2,1-2H3. The molecule has 1 aliphatic heterocycles. The zero-order valence-corrected chi connectivity index (χ0v) is 10.9. The Labute approximate surface area is 106 Å². The molecule has 1 heterocycles. The second-order valence-electron chi connectivity index (χ2n) is 3.65. The number of thioether (sulfide) groups is 1. The molecular formula is C12H17NO3S. The molecule has 0 aromatic heterocycles. The van der Waals surface area contributed by atoms with Crippen LogP contribution in [0.1, 0.15) is 0 Å². The van der Waals surface area contributed by atoms with E-state index in [1.165, 1.54) is 0 Å². The lowest BCUT2D eigenvalue weighted by molar-refractivity contribution is 0.100. The number of morpholine rings is 1. The van der Waals surface area contributed by atoms with Crippen molar-refractivity contribution in [1.82, 2.24) is 5.32 Å². The fourth-order valence-corrected chi connectivity index (χ4v) is 2.72. The minimum absolute atomic E-state index is 0.283. The lowest BCUT2D eigenvalue weighted by Gasteiger charge is -2.23. The molecule has 5 heteroatoms. The van der Waals surface area contributed by atoms with Gasteiger partial charge in [0.25, 0.3) is 0 Å². The van der Waals surface area contributed by atoms with Gasteiger partial charge in [-0.05, 0) is 12.1 Å². The van der Waals surface area contributed by atoms with Crippen LogP contribution in [-0.4, -0.2) is 39.4 Å². The molecule has 2 rings (SSSR count). The Morgan fingerprint density at radius 2 is 2.24 bits per heavy atom. The van der Waals surface area contributed by atoms with Crippen LogP contribution in [0.5, 0.6) is 11.5 Å². The van der Waals surface area contributed by atoms with Gasteiger partial charge in [0.05, 0.1) is 37.7 Å². The predicted molar refractivity (Wildman–Crippen MR) is 68.0 cm³/mol. The number of benzene rings is 1. The summed E-state index contributed by atoms with van der Waals surface area (Å²) in [5, 5.41) is 3.68. The van der Waals surface area contributed by atoms with Crippen molar-refractivity contribution in [3.63, 3.8) is 0 Å². The van der Waals surface area contributed by atoms with E-state index < -0.39 is 0 Å². The molecule has 1 atom stereocenters. The van der Waals surface area contributed by atoms with Crippen LogP contribution in [0.4, 0.5) is 0 Å². The molecule has 1 N–H and O–H groups in total. The zero-order valence-electron chi connectivity index (χ0n) is 10.1. The Kier molecular flexibility index (Phi) is 4.53. The third-order valence-corrected chi connectivity index (χ3v) is 3.71. The summed E-state index contributed by atoms with van der Waals surface area (Å²) >= 11 is 1.72. The van der Waals surface area contributed by atoms with Gasteiger partial charge in [-0.2, -0.15) is 0 Å².